The van der Waals surface area contributed by atoms with Crippen LogP contribution in [-0.2, 0) is 23.3 Å². The van der Waals surface area contributed by atoms with Crippen LogP contribution in [0.5, 0.6) is 0 Å². The number of aliphatic hydroxyl groups excluding tert-OH is 4. The topological polar surface area (TPSA) is 265 Å². The lowest BCUT2D eigenvalue weighted by Crippen LogP contribution is -2.42. The van der Waals surface area contributed by atoms with Gasteiger partial charge in [0.05, 0.1) is 19.5 Å². The normalized spacial score (nSPS) is 35.0. The van der Waals surface area contributed by atoms with Gasteiger partial charge in [0.25, 0.3) is 0 Å². The van der Waals surface area contributed by atoms with E-state index in [2.05, 4.69) is 19.5 Å². The fraction of sp³-hybridized carbons (Fsp3) is 0.667. The number of nitrogens with two attached hydrogens (primary N) is 1. The number of aromatic nitrogens is 4. The molecular weight excluding hydrogens is 473 g/mol. The smallest absolute Gasteiger partial charge is 0.394 e. The number of imidazole rings is 1. The molecule has 2 aliphatic rings. The first kappa shape index (κ1) is 24.1. The molecule has 17 nitrogen and oxygen atoms in total. The van der Waals surface area contributed by atoms with E-state index in [1.165, 1.54) is 10.9 Å². The van der Waals surface area contributed by atoms with Crippen LogP contribution in [-0.4, -0.2) is 106 Å². The van der Waals surface area contributed by atoms with E-state index in [1.54, 1.807) is 0 Å². The zero-order chi connectivity index (χ0) is 24.1. The number of ether oxygens (including phenoxy) is 3. The fourth-order valence-corrected chi connectivity index (χ4v) is 4.02. The number of nitrogens with zero attached hydrogens (tertiary/aromatic N) is 3. The molecule has 2 aliphatic heterocycles. The van der Waals surface area contributed by atoms with Crippen LogP contribution in [0.1, 0.15) is 6.23 Å². The molecule has 0 aliphatic carbocycles. The maximum Gasteiger partial charge on any atom is 0.469 e. The molecule has 2 fully saturated rings. The molecule has 2 aromatic heterocycles. The molecule has 0 unspecified atom stereocenters. The second kappa shape index (κ2) is 8.97. The molecule has 0 saturated carbocycles. The van der Waals surface area contributed by atoms with Crippen LogP contribution in [0.3, 0.4) is 0 Å². The molecule has 0 radical (unpaired) electrons. The van der Waals surface area contributed by atoms with E-state index < -0.39 is 75.7 Å². The summed E-state index contributed by atoms with van der Waals surface area (Å²) in [5.74, 6) is -0.213. The number of rotatable bonds is 7. The number of fused-ring (bicyclic) bond motifs is 1. The predicted octanol–water partition coefficient (Wildman–Crippen LogP) is -4.11. The molecular formula is C15H22N5O12P. The largest absolute Gasteiger partial charge is 0.469 e. The van der Waals surface area contributed by atoms with Crippen molar-refractivity contribution in [1.82, 2.24) is 19.5 Å². The quantitative estimate of drug-likeness (QED) is 0.170. The van der Waals surface area contributed by atoms with Gasteiger partial charge in [-0.25, -0.2) is 9.55 Å². The number of phosphoric acid groups is 1. The Labute approximate surface area is 183 Å². The molecule has 4 rings (SSSR count). The van der Waals surface area contributed by atoms with Crippen LogP contribution in [0.4, 0.5) is 5.95 Å². The number of nitrogen functional groups attached to an aromatic ring is 1. The average molecular weight is 495 g/mol. The summed E-state index contributed by atoms with van der Waals surface area (Å²) in [4.78, 5) is 39.8. The first-order valence-corrected chi connectivity index (χ1v) is 11.1. The van der Waals surface area contributed by atoms with Crippen molar-refractivity contribution < 1.29 is 53.5 Å². The summed E-state index contributed by atoms with van der Waals surface area (Å²) in [6.07, 6.45) is -10.2. The summed E-state index contributed by atoms with van der Waals surface area (Å²) in [6, 6.07) is 0. The number of aromatic amines is 1. The summed E-state index contributed by atoms with van der Waals surface area (Å²) in [5, 5.41) is 40.6. The van der Waals surface area contributed by atoms with Gasteiger partial charge in [0.1, 0.15) is 42.3 Å². The molecule has 18 heteroatoms. The van der Waals surface area contributed by atoms with Crippen LogP contribution >= 0.6 is 7.82 Å². The molecule has 0 aromatic carbocycles. The first-order chi connectivity index (χ1) is 15.5. The standard InChI is InChI=1S/C15H22N5O12P/c16-15-18-11-6(12(25)19-15)17-3-20(11)13-10(8(23)4(1-21)30-13)32-14-9(24)7(22)5(31-14)2-29-33(26,27)28/h3-5,7-10,13-14,21-24H,1-2H2,(H2,26,27,28)(H3,16,18,19,25)/t4-,5-,7-,8-,9-,10-,13-,14+/m1/s1. The molecule has 2 aromatic rings. The van der Waals surface area contributed by atoms with E-state index in [4.69, 9.17) is 29.7 Å². The molecule has 8 atom stereocenters. The third-order valence-corrected chi connectivity index (χ3v) is 5.73. The number of phosphoric ester groups is 1. The van der Waals surface area contributed by atoms with Gasteiger partial charge >= 0.3 is 13.4 Å². The SMILES string of the molecule is Nc1nc(=O)c2ncn([C@@H]3O[C@H](CO)[C@@H](O)[C@H]3O[C@@H]3O[C@H](COP(=O)(O)O)[C@@H](O)[C@H]3O)c2[nH]1. The van der Waals surface area contributed by atoms with Crippen molar-refractivity contribution in [3.63, 3.8) is 0 Å². The van der Waals surface area contributed by atoms with Crippen molar-refractivity contribution in [2.45, 2.75) is 49.1 Å². The summed E-state index contributed by atoms with van der Waals surface area (Å²) in [7, 11) is -4.87. The Morgan fingerprint density at radius 1 is 1.18 bits per heavy atom. The Kier molecular flexibility index (Phi) is 6.56. The van der Waals surface area contributed by atoms with E-state index in [-0.39, 0.29) is 17.1 Å². The number of anilines is 1. The van der Waals surface area contributed by atoms with Gasteiger partial charge in [-0.15, -0.1) is 0 Å². The highest BCUT2D eigenvalue weighted by atomic mass is 31.2. The maximum absolute atomic E-state index is 12.0. The predicted molar refractivity (Wildman–Crippen MR) is 103 cm³/mol. The van der Waals surface area contributed by atoms with Crippen molar-refractivity contribution >= 4 is 24.9 Å². The number of hydrogen-bond acceptors (Lipinski definition) is 13. The third-order valence-electron chi connectivity index (χ3n) is 5.25. The second-order valence-corrected chi connectivity index (χ2v) is 8.67. The molecule has 4 heterocycles. The highest BCUT2D eigenvalue weighted by Crippen LogP contribution is 2.39. The van der Waals surface area contributed by atoms with Gasteiger partial charge in [-0.05, 0) is 0 Å². The Hall–Kier alpha value is -2.02. The lowest BCUT2D eigenvalue weighted by atomic mass is 10.1. The van der Waals surface area contributed by atoms with Gasteiger partial charge in [0.2, 0.25) is 5.95 Å². The van der Waals surface area contributed by atoms with E-state index in [1.807, 2.05) is 0 Å². The van der Waals surface area contributed by atoms with Gasteiger partial charge in [0.15, 0.2) is 18.0 Å². The number of hydrogen-bond donors (Lipinski definition) is 8. The minimum atomic E-state index is -4.87. The Morgan fingerprint density at radius 2 is 1.91 bits per heavy atom. The van der Waals surface area contributed by atoms with Crippen molar-refractivity contribution in [2.24, 2.45) is 0 Å². The van der Waals surface area contributed by atoms with E-state index in [9.17, 15) is 29.8 Å². The number of H-pyrrole nitrogens is 1. The van der Waals surface area contributed by atoms with Crippen molar-refractivity contribution in [1.29, 1.82) is 0 Å². The summed E-state index contributed by atoms with van der Waals surface area (Å²) in [6.45, 7) is -1.37. The zero-order valence-corrected chi connectivity index (χ0v) is 17.5. The molecule has 184 valence electrons. The molecule has 2 saturated heterocycles. The van der Waals surface area contributed by atoms with Crippen molar-refractivity contribution in [3.05, 3.63) is 16.7 Å². The van der Waals surface area contributed by atoms with Crippen LogP contribution < -0.4 is 11.3 Å². The molecule has 33 heavy (non-hydrogen) atoms. The molecule has 0 spiro atoms. The second-order valence-electron chi connectivity index (χ2n) is 7.43. The minimum Gasteiger partial charge on any atom is -0.394 e. The number of nitrogens with one attached hydrogen (secondary N) is 1. The Bertz CT molecular complexity index is 1100. The van der Waals surface area contributed by atoms with E-state index >= 15 is 0 Å². The average Bonchev–Trinajstić information content (AvgIpc) is 3.37. The summed E-state index contributed by atoms with van der Waals surface area (Å²) < 4.78 is 33.1. The fourth-order valence-electron chi connectivity index (χ4n) is 3.68. The minimum absolute atomic E-state index is 0.0812. The van der Waals surface area contributed by atoms with Crippen molar-refractivity contribution in [3.8, 4) is 0 Å². The van der Waals surface area contributed by atoms with Crippen LogP contribution in [0.2, 0.25) is 0 Å². The van der Waals surface area contributed by atoms with Crippen LogP contribution in [0.25, 0.3) is 11.2 Å². The maximum atomic E-state index is 12.0. The summed E-state index contributed by atoms with van der Waals surface area (Å²) >= 11 is 0. The van der Waals surface area contributed by atoms with E-state index in [0.717, 1.165) is 0 Å². The Balaban J connectivity index is 1.59. The van der Waals surface area contributed by atoms with Gasteiger partial charge in [0, 0.05) is 0 Å². The van der Waals surface area contributed by atoms with Gasteiger partial charge < -0.3 is 55.1 Å². The lowest BCUT2D eigenvalue weighted by Gasteiger charge is -2.26. The molecule has 0 bridgehead atoms. The van der Waals surface area contributed by atoms with Gasteiger partial charge in [-0.2, -0.15) is 4.98 Å². The Morgan fingerprint density at radius 3 is 2.58 bits per heavy atom. The highest BCUT2D eigenvalue weighted by Gasteiger charge is 2.51. The third kappa shape index (κ3) is 4.66. The first-order valence-electron chi connectivity index (χ1n) is 9.54. The van der Waals surface area contributed by atoms with Crippen molar-refractivity contribution in [2.75, 3.05) is 18.9 Å². The van der Waals surface area contributed by atoms with Crippen LogP contribution in [0.15, 0.2) is 11.1 Å². The highest BCUT2D eigenvalue weighted by molar-refractivity contribution is 7.46. The van der Waals surface area contributed by atoms with Gasteiger partial charge in [-0.3, -0.25) is 13.9 Å². The van der Waals surface area contributed by atoms with Gasteiger partial charge in [-0.1, -0.05) is 0 Å². The molecule has 0 amide bonds. The lowest BCUT2D eigenvalue weighted by molar-refractivity contribution is -0.219. The van der Waals surface area contributed by atoms with E-state index in [0.29, 0.717) is 0 Å². The monoisotopic (exact) mass is 495 g/mol. The molecule has 9 N–H and O–H groups in total. The number of aliphatic hydroxyl groups is 4. The van der Waals surface area contributed by atoms with Crippen LogP contribution in [0, 0.1) is 0 Å². The zero-order valence-electron chi connectivity index (χ0n) is 16.6. The summed E-state index contributed by atoms with van der Waals surface area (Å²) in [5.41, 5.74) is 4.86.